The van der Waals surface area contributed by atoms with Crippen LogP contribution in [0.15, 0.2) is 52.4 Å². The Morgan fingerprint density at radius 2 is 1.82 bits per heavy atom. The Morgan fingerprint density at radius 3 is 2.55 bits per heavy atom. The van der Waals surface area contributed by atoms with Crippen LogP contribution < -0.4 is 0 Å². The molecule has 4 nitrogen and oxygen atoms in total. The number of rotatable bonds is 4. The van der Waals surface area contributed by atoms with Crippen LogP contribution in [0.5, 0.6) is 0 Å². The Morgan fingerprint density at radius 1 is 1.05 bits per heavy atom. The maximum atomic E-state index is 9.90. The average molecular weight is 313 g/mol. The molecule has 0 aliphatic rings. The predicted octanol–water partition coefficient (Wildman–Crippen LogP) is 4.06. The quantitative estimate of drug-likeness (QED) is 0.789. The summed E-state index contributed by atoms with van der Waals surface area (Å²) in [6.07, 6.45) is 1.59. The molecule has 5 heteroatoms. The molecule has 0 spiro atoms. The van der Waals surface area contributed by atoms with Gasteiger partial charge in [-0.1, -0.05) is 43.8 Å². The Bertz CT molecular complexity index is 795. The van der Waals surface area contributed by atoms with Crippen LogP contribution in [-0.4, -0.2) is 19.7 Å². The third kappa shape index (κ3) is 2.87. The monoisotopic (exact) mass is 313 g/mol. The van der Waals surface area contributed by atoms with Crippen LogP contribution in [0.2, 0.25) is 0 Å². The van der Waals surface area contributed by atoms with Crippen LogP contribution >= 0.6 is 11.8 Å². The number of aliphatic hydroxyl groups excluding tert-OH is 1. The van der Waals surface area contributed by atoms with Crippen molar-refractivity contribution in [3.63, 3.8) is 0 Å². The number of aliphatic hydroxyl groups is 1. The molecule has 0 fully saturated rings. The maximum absolute atomic E-state index is 9.90. The molecule has 1 atom stereocenters. The fourth-order valence-electron chi connectivity index (χ4n) is 2.39. The van der Waals surface area contributed by atoms with E-state index < -0.39 is 6.10 Å². The molecule has 0 amide bonds. The highest BCUT2D eigenvalue weighted by atomic mass is 32.2. The molecular weight excluding hydrogens is 294 g/mol. The second kappa shape index (κ2) is 6.10. The van der Waals surface area contributed by atoms with Crippen molar-refractivity contribution in [3.8, 4) is 0 Å². The van der Waals surface area contributed by atoms with Gasteiger partial charge in [-0.15, -0.1) is 10.2 Å². The second-order valence-corrected chi connectivity index (χ2v) is 6.74. The van der Waals surface area contributed by atoms with E-state index >= 15 is 0 Å². The lowest BCUT2D eigenvalue weighted by Crippen LogP contribution is -1.97. The zero-order chi connectivity index (χ0) is 15.7. The van der Waals surface area contributed by atoms with Crippen molar-refractivity contribution in [3.05, 3.63) is 54.0 Å². The van der Waals surface area contributed by atoms with E-state index in [0.29, 0.717) is 5.92 Å². The first-order valence-corrected chi connectivity index (χ1v) is 8.17. The molecule has 2 heterocycles. The summed E-state index contributed by atoms with van der Waals surface area (Å²) in [7, 11) is 0. The third-order valence-corrected chi connectivity index (χ3v) is 4.58. The highest BCUT2D eigenvalue weighted by Crippen LogP contribution is 2.33. The minimum atomic E-state index is -0.478. The Kier molecular flexibility index (Phi) is 4.18. The summed E-state index contributed by atoms with van der Waals surface area (Å²) in [5.74, 6) is 1.28. The number of aromatic nitrogens is 3. The summed E-state index contributed by atoms with van der Waals surface area (Å²) in [6, 6.07) is 12.0. The molecule has 1 aromatic carbocycles. The van der Waals surface area contributed by atoms with Gasteiger partial charge in [0.2, 0.25) is 0 Å². The van der Waals surface area contributed by atoms with Gasteiger partial charge in [0.05, 0.1) is 6.10 Å². The molecule has 0 radical (unpaired) electrons. The molecule has 3 aromatic rings. The SMILES string of the molecule is CC(C)c1nnc2ccc(Sc3ccccc3C(C)O)cn12. The van der Waals surface area contributed by atoms with Gasteiger partial charge in [-0.3, -0.25) is 4.40 Å². The number of benzene rings is 1. The summed E-state index contributed by atoms with van der Waals surface area (Å²) in [4.78, 5) is 2.17. The first-order chi connectivity index (χ1) is 10.6. The zero-order valence-electron chi connectivity index (χ0n) is 12.9. The minimum absolute atomic E-state index is 0.319. The molecule has 0 saturated heterocycles. The van der Waals surface area contributed by atoms with E-state index in [1.54, 1.807) is 18.7 Å². The van der Waals surface area contributed by atoms with Crippen LogP contribution in [0, 0.1) is 0 Å². The number of hydrogen-bond donors (Lipinski definition) is 1. The smallest absolute Gasteiger partial charge is 0.160 e. The van der Waals surface area contributed by atoms with Gasteiger partial charge in [-0.05, 0) is 30.7 Å². The van der Waals surface area contributed by atoms with Crippen LogP contribution in [0.3, 0.4) is 0 Å². The fraction of sp³-hybridized carbons (Fsp3) is 0.294. The van der Waals surface area contributed by atoms with Crippen molar-refractivity contribution in [2.24, 2.45) is 0 Å². The van der Waals surface area contributed by atoms with Gasteiger partial charge >= 0.3 is 0 Å². The number of fused-ring (bicyclic) bond motifs is 1. The number of nitrogens with zero attached hydrogens (tertiary/aromatic N) is 3. The molecule has 1 unspecified atom stereocenters. The summed E-state index contributed by atoms with van der Waals surface area (Å²) in [5.41, 5.74) is 1.80. The molecule has 3 rings (SSSR count). The van der Waals surface area contributed by atoms with Crippen molar-refractivity contribution in [2.75, 3.05) is 0 Å². The minimum Gasteiger partial charge on any atom is -0.389 e. The largest absolute Gasteiger partial charge is 0.389 e. The molecule has 0 saturated carbocycles. The summed E-state index contributed by atoms with van der Waals surface area (Å²) >= 11 is 1.64. The van der Waals surface area contributed by atoms with E-state index in [1.165, 1.54) is 0 Å². The molecule has 0 aliphatic heterocycles. The summed E-state index contributed by atoms with van der Waals surface area (Å²) in [5, 5.41) is 18.3. The second-order valence-electron chi connectivity index (χ2n) is 5.62. The van der Waals surface area contributed by atoms with Crippen LogP contribution in [0.25, 0.3) is 5.65 Å². The van der Waals surface area contributed by atoms with Crippen molar-refractivity contribution >= 4 is 17.4 Å². The van der Waals surface area contributed by atoms with Gasteiger partial charge < -0.3 is 5.11 Å². The van der Waals surface area contributed by atoms with E-state index in [9.17, 15) is 5.11 Å². The topological polar surface area (TPSA) is 50.4 Å². The van der Waals surface area contributed by atoms with Crippen LogP contribution in [-0.2, 0) is 0 Å². The van der Waals surface area contributed by atoms with E-state index in [-0.39, 0.29) is 0 Å². The number of pyridine rings is 1. The standard InChI is InChI=1S/C17H19N3OS/c1-11(2)17-19-18-16-9-8-13(10-20(16)17)22-15-7-5-4-6-14(15)12(3)21/h4-12,21H,1-3H3. The van der Waals surface area contributed by atoms with E-state index in [4.69, 9.17) is 0 Å². The molecule has 2 aromatic heterocycles. The molecule has 0 aliphatic carbocycles. The van der Waals surface area contributed by atoms with Crippen LogP contribution in [0.1, 0.15) is 44.2 Å². The Balaban J connectivity index is 1.99. The normalized spacial score (nSPS) is 13.0. The molecule has 114 valence electrons. The third-order valence-electron chi connectivity index (χ3n) is 3.51. The van der Waals surface area contributed by atoms with Gasteiger partial charge in [0, 0.05) is 21.9 Å². The van der Waals surface area contributed by atoms with Gasteiger partial charge in [0.1, 0.15) is 5.82 Å². The molecule has 1 N–H and O–H groups in total. The van der Waals surface area contributed by atoms with Gasteiger partial charge in [-0.25, -0.2) is 0 Å². The summed E-state index contributed by atoms with van der Waals surface area (Å²) < 4.78 is 2.04. The molecule has 0 bridgehead atoms. The molecule has 22 heavy (non-hydrogen) atoms. The first-order valence-electron chi connectivity index (χ1n) is 7.36. The van der Waals surface area contributed by atoms with Crippen LogP contribution in [0.4, 0.5) is 0 Å². The fourth-order valence-corrected chi connectivity index (χ4v) is 3.44. The predicted molar refractivity (Wildman–Crippen MR) is 88.3 cm³/mol. The highest BCUT2D eigenvalue weighted by molar-refractivity contribution is 7.99. The van der Waals surface area contributed by atoms with E-state index in [2.05, 4.69) is 30.2 Å². The first kappa shape index (κ1) is 15.1. The maximum Gasteiger partial charge on any atom is 0.160 e. The Hall–Kier alpha value is -1.85. The summed E-state index contributed by atoms with van der Waals surface area (Å²) in [6.45, 7) is 6.01. The van der Waals surface area contributed by atoms with Crippen molar-refractivity contribution in [1.82, 2.24) is 14.6 Å². The van der Waals surface area contributed by atoms with Crippen molar-refractivity contribution < 1.29 is 5.11 Å². The lowest BCUT2D eigenvalue weighted by molar-refractivity contribution is 0.196. The zero-order valence-corrected chi connectivity index (χ0v) is 13.7. The highest BCUT2D eigenvalue weighted by Gasteiger charge is 2.12. The van der Waals surface area contributed by atoms with E-state index in [0.717, 1.165) is 26.8 Å². The van der Waals surface area contributed by atoms with Gasteiger partial charge in [-0.2, -0.15) is 0 Å². The van der Waals surface area contributed by atoms with Gasteiger partial charge in [0.15, 0.2) is 5.65 Å². The lowest BCUT2D eigenvalue weighted by Gasteiger charge is -2.11. The van der Waals surface area contributed by atoms with E-state index in [1.807, 2.05) is 40.8 Å². The van der Waals surface area contributed by atoms with Crippen molar-refractivity contribution in [2.45, 2.75) is 42.6 Å². The van der Waals surface area contributed by atoms with Gasteiger partial charge in [0.25, 0.3) is 0 Å². The average Bonchev–Trinajstić information content (AvgIpc) is 2.91. The molecular formula is C17H19N3OS. The van der Waals surface area contributed by atoms with Crippen molar-refractivity contribution in [1.29, 1.82) is 0 Å². The Labute approximate surface area is 134 Å². The number of hydrogen-bond acceptors (Lipinski definition) is 4. The lowest BCUT2D eigenvalue weighted by atomic mass is 10.1.